The zero-order chi connectivity index (χ0) is 16.9. The lowest BCUT2D eigenvalue weighted by Crippen LogP contribution is -2.08. The van der Waals surface area contributed by atoms with Crippen LogP contribution in [0.3, 0.4) is 0 Å². The first kappa shape index (κ1) is 15.4. The van der Waals surface area contributed by atoms with Crippen molar-refractivity contribution in [2.45, 2.75) is 0 Å². The van der Waals surface area contributed by atoms with Crippen LogP contribution in [-0.4, -0.2) is 10.1 Å². The van der Waals surface area contributed by atoms with E-state index in [2.05, 4.69) is 47.4 Å². The Balaban J connectivity index is 0.000000383. The Labute approximate surface area is 137 Å². The molecule has 0 saturated carbocycles. The molecule has 24 heavy (non-hydrogen) atoms. The molecule has 2 aromatic heterocycles. The molecule has 1 N–H and O–H groups in total. The van der Waals surface area contributed by atoms with E-state index >= 15 is 0 Å². The van der Waals surface area contributed by atoms with Gasteiger partial charge in [-0.3, -0.25) is 0 Å². The van der Waals surface area contributed by atoms with Gasteiger partial charge >= 0.3 is 0 Å². The van der Waals surface area contributed by atoms with E-state index in [1.807, 2.05) is 30.3 Å². The standard InChI is InChI=1S/C18H12N2.NO3/c1-3-7-15-13(5-1)9-11-17(19-15)18-12-10-14-6-2-4-8-16(14)20-18;2-1(3)4/h1-12H;/q;-1/p+1. The van der Waals surface area contributed by atoms with Gasteiger partial charge in [-0.1, -0.05) is 36.4 Å². The lowest BCUT2D eigenvalue weighted by Gasteiger charge is -2.00. The van der Waals surface area contributed by atoms with Gasteiger partial charge in [-0.2, -0.15) is 0 Å². The van der Waals surface area contributed by atoms with E-state index in [0.717, 1.165) is 27.8 Å². The fraction of sp³-hybridized carbons (Fsp3) is 0. The lowest BCUT2D eigenvalue weighted by atomic mass is 10.1. The zero-order valence-electron chi connectivity index (χ0n) is 12.5. The van der Waals surface area contributed by atoms with Gasteiger partial charge in [-0.25, -0.2) is 9.97 Å². The van der Waals surface area contributed by atoms with Gasteiger partial charge < -0.3 is 15.3 Å². The number of benzene rings is 2. The second kappa shape index (κ2) is 6.70. The Bertz CT molecular complexity index is 937. The Kier molecular flexibility index (Phi) is 4.29. The third kappa shape index (κ3) is 3.44. The molecule has 6 nitrogen and oxygen atoms in total. The van der Waals surface area contributed by atoms with Crippen molar-refractivity contribution < 1.29 is 10.1 Å². The number of pyridine rings is 2. The predicted octanol–water partition coefficient (Wildman–Crippen LogP) is 3.63. The molecule has 0 atom stereocenters. The number of hydrogen-bond acceptors (Lipinski definition) is 4. The summed E-state index contributed by atoms with van der Waals surface area (Å²) in [7, 11) is 0. The van der Waals surface area contributed by atoms with E-state index < -0.39 is 5.09 Å². The highest BCUT2D eigenvalue weighted by Gasteiger charge is 2.09. The molecule has 0 spiro atoms. The average molecular weight is 319 g/mol. The highest BCUT2D eigenvalue weighted by Crippen LogP contribution is 2.19. The van der Waals surface area contributed by atoms with E-state index in [9.17, 15) is 0 Å². The predicted molar refractivity (Wildman–Crippen MR) is 91.6 cm³/mol. The molecule has 2 aromatic carbocycles. The van der Waals surface area contributed by atoms with E-state index in [1.54, 1.807) is 0 Å². The lowest BCUT2D eigenvalue weighted by molar-refractivity contribution is -0.402. The van der Waals surface area contributed by atoms with Crippen molar-refractivity contribution in [2.75, 3.05) is 0 Å². The largest absolute Gasteiger partial charge is 0.356 e. The molecule has 118 valence electrons. The molecule has 0 aliphatic rings. The van der Waals surface area contributed by atoms with Gasteiger partial charge in [0.25, 0.3) is 0 Å². The highest BCUT2D eigenvalue weighted by molar-refractivity contribution is 5.81. The van der Waals surface area contributed by atoms with Crippen LogP contribution in [0.2, 0.25) is 0 Å². The van der Waals surface area contributed by atoms with Crippen LogP contribution < -0.4 is 4.98 Å². The molecule has 0 aliphatic heterocycles. The van der Waals surface area contributed by atoms with Gasteiger partial charge in [-0.05, 0) is 24.3 Å². The van der Waals surface area contributed by atoms with Gasteiger partial charge in [0.15, 0.2) is 0 Å². The maximum atomic E-state index is 8.25. The van der Waals surface area contributed by atoms with E-state index in [4.69, 9.17) is 20.3 Å². The summed E-state index contributed by atoms with van der Waals surface area (Å²) in [5, 5.41) is 17.1. The third-order valence-corrected chi connectivity index (χ3v) is 3.53. The Morgan fingerprint density at radius 2 is 1.42 bits per heavy atom. The van der Waals surface area contributed by atoms with Crippen LogP contribution in [0.25, 0.3) is 33.2 Å². The Morgan fingerprint density at radius 3 is 2.21 bits per heavy atom. The molecular weight excluding hydrogens is 306 g/mol. The normalized spacial score (nSPS) is 10.2. The second-order valence-corrected chi connectivity index (χ2v) is 5.07. The summed E-state index contributed by atoms with van der Waals surface area (Å²) < 4.78 is 0. The Hall–Kier alpha value is -3.54. The summed E-state index contributed by atoms with van der Waals surface area (Å²) in [6.07, 6.45) is 0. The molecule has 4 aromatic rings. The second-order valence-electron chi connectivity index (χ2n) is 5.07. The van der Waals surface area contributed by atoms with Gasteiger partial charge in [0.05, 0.1) is 10.6 Å². The van der Waals surface area contributed by atoms with Crippen molar-refractivity contribution >= 4 is 21.8 Å². The molecule has 0 radical (unpaired) electrons. The first-order valence-electron chi connectivity index (χ1n) is 7.22. The summed E-state index contributed by atoms with van der Waals surface area (Å²) in [6.45, 7) is 0. The van der Waals surface area contributed by atoms with Crippen molar-refractivity contribution in [3.63, 3.8) is 0 Å². The summed E-state index contributed by atoms with van der Waals surface area (Å²) in [6, 6.07) is 24.8. The van der Waals surface area contributed by atoms with Gasteiger partial charge in [0.1, 0.15) is 5.69 Å². The maximum absolute atomic E-state index is 8.25. The Morgan fingerprint density at radius 1 is 0.792 bits per heavy atom. The number of H-pyrrole nitrogens is 1. The molecule has 4 rings (SSSR count). The monoisotopic (exact) mass is 319 g/mol. The molecule has 0 bridgehead atoms. The number of para-hydroxylation sites is 2. The van der Waals surface area contributed by atoms with Crippen molar-refractivity contribution in [3.05, 3.63) is 88.1 Å². The van der Waals surface area contributed by atoms with E-state index in [0.29, 0.717) is 0 Å². The van der Waals surface area contributed by atoms with Crippen molar-refractivity contribution in [3.8, 4) is 11.4 Å². The molecule has 6 heteroatoms. The molecule has 0 aliphatic carbocycles. The van der Waals surface area contributed by atoms with Crippen molar-refractivity contribution in [1.82, 2.24) is 4.98 Å². The van der Waals surface area contributed by atoms with Crippen LogP contribution in [0.1, 0.15) is 0 Å². The fourth-order valence-electron chi connectivity index (χ4n) is 2.48. The van der Waals surface area contributed by atoms with Gasteiger partial charge in [0.2, 0.25) is 11.2 Å². The molecule has 0 amide bonds. The maximum Gasteiger partial charge on any atom is 0.229 e. The number of rotatable bonds is 1. The van der Waals surface area contributed by atoms with Crippen LogP contribution in [0.4, 0.5) is 0 Å². The topological polar surface area (TPSA) is 93.2 Å². The number of aromatic amines is 1. The fourth-order valence-corrected chi connectivity index (χ4v) is 2.48. The van der Waals surface area contributed by atoms with Gasteiger partial charge in [-0.15, -0.1) is 0 Å². The number of fused-ring (bicyclic) bond motifs is 2. The summed E-state index contributed by atoms with van der Waals surface area (Å²) >= 11 is 0. The van der Waals surface area contributed by atoms with Gasteiger partial charge in [0, 0.05) is 22.9 Å². The highest BCUT2D eigenvalue weighted by atomic mass is 16.9. The van der Waals surface area contributed by atoms with Crippen LogP contribution in [0.5, 0.6) is 0 Å². The smallest absolute Gasteiger partial charge is 0.229 e. The quantitative estimate of drug-likeness (QED) is 0.395. The van der Waals surface area contributed by atoms with Crippen LogP contribution >= 0.6 is 0 Å². The minimum absolute atomic E-state index is 0.967. The summed E-state index contributed by atoms with van der Waals surface area (Å²) in [5.74, 6) is 0. The van der Waals surface area contributed by atoms with Crippen molar-refractivity contribution in [1.29, 1.82) is 0 Å². The first-order chi connectivity index (χ1) is 11.6. The van der Waals surface area contributed by atoms with E-state index in [1.165, 1.54) is 5.39 Å². The molecular formula is C18H13N3O3. The number of nitrogens with one attached hydrogen (secondary N) is 1. The van der Waals surface area contributed by atoms with E-state index in [-0.39, 0.29) is 0 Å². The molecule has 2 heterocycles. The summed E-state index contributed by atoms with van der Waals surface area (Å²) in [5.41, 5.74) is 4.15. The zero-order valence-corrected chi connectivity index (χ0v) is 12.5. The average Bonchev–Trinajstić information content (AvgIpc) is 2.60. The summed E-state index contributed by atoms with van der Waals surface area (Å²) in [4.78, 5) is 16.4. The number of aromatic nitrogens is 2. The molecule has 0 unspecified atom stereocenters. The minimum atomic E-state index is -1.75. The first-order valence-corrected chi connectivity index (χ1v) is 7.22. The molecule has 0 fully saturated rings. The SMILES string of the molecule is O=[N+]([O-])[O-].c1ccc2nc(-c3ccc4ccccc4[nH+]3)ccc2c1. The third-order valence-electron chi connectivity index (χ3n) is 3.53. The number of hydrogen-bond donors (Lipinski definition) is 0. The van der Waals surface area contributed by atoms with Crippen molar-refractivity contribution in [2.24, 2.45) is 0 Å². The van der Waals surface area contributed by atoms with Crippen LogP contribution in [0.15, 0.2) is 72.8 Å². The van der Waals surface area contributed by atoms with Crippen LogP contribution in [-0.2, 0) is 0 Å². The number of nitrogens with zero attached hydrogens (tertiary/aromatic N) is 2. The molecule has 0 saturated heterocycles. The minimum Gasteiger partial charge on any atom is -0.356 e. The van der Waals surface area contributed by atoms with Crippen LogP contribution in [0, 0.1) is 15.3 Å².